The van der Waals surface area contributed by atoms with Crippen LogP contribution in [0.15, 0.2) is 12.2 Å². The van der Waals surface area contributed by atoms with Crippen LogP contribution >= 0.6 is 11.3 Å². The molecule has 2 saturated carbocycles. The van der Waals surface area contributed by atoms with Crippen molar-refractivity contribution >= 4 is 34.1 Å². The van der Waals surface area contributed by atoms with Crippen molar-refractivity contribution in [2.75, 3.05) is 5.32 Å². The second kappa shape index (κ2) is 7.27. The second-order valence-corrected chi connectivity index (χ2v) is 9.95. The zero-order valence-electron chi connectivity index (χ0n) is 16.3. The number of thiophene rings is 1. The van der Waals surface area contributed by atoms with Gasteiger partial charge in [-0.15, -0.1) is 11.3 Å². The molecule has 4 atom stereocenters. The number of anilines is 1. The Kier molecular flexibility index (Phi) is 4.73. The van der Waals surface area contributed by atoms with Crippen LogP contribution in [-0.4, -0.2) is 28.9 Å². The van der Waals surface area contributed by atoms with Crippen LogP contribution in [0.5, 0.6) is 0 Å². The number of carbonyl (C=O) groups excluding carboxylic acids is 2. The van der Waals surface area contributed by atoms with Gasteiger partial charge in [-0.1, -0.05) is 25.0 Å². The molecule has 4 aliphatic rings. The summed E-state index contributed by atoms with van der Waals surface area (Å²) in [6, 6.07) is 0.218. The van der Waals surface area contributed by atoms with Crippen LogP contribution in [0.25, 0.3) is 0 Å². The highest BCUT2D eigenvalue weighted by Crippen LogP contribution is 2.49. The number of hydrogen-bond acceptors (Lipinski definition) is 4. The monoisotopic (exact) mass is 414 g/mol. The Labute approximate surface area is 173 Å². The van der Waals surface area contributed by atoms with E-state index in [9.17, 15) is 19.5 Å². The van der Waals surface area contributed by atoms with E-state index in [0.29, 0.717) is 10.6 Å². The first-order chi connectivity index (χ1) is 14.0. The number of carbonyl (C=O) groups is 3. The van der Waals surface area contributed by atoms with Gasteiger partial charge in [-0.05, 0) is 55.9 Å². The molecule has 0 saturated heterocycles. The average molecular weight is 415 g/mol. The van der Waals surface area contributed by atoms with E-state index in [1.54, 1.807) is 0 Å². The van der Waals surface area contributed by atoms with E-state index < -0.39 is 17.8 Å². The number of hydrogen-bond donors (Lipinski definition) is 3. The minimum Gasteiger partial charge on any atom is -0.481 e. The van der Waals surface area contributed by atoms with Gasteiger partial charge in [-0.2, -0.15) is 0 Å². The smallest absolute Gasteiger partial charge is 0.307 e. The van der Waals surface area contributed by atoms with Gasteiger partial charge in [0.05, 0.1) is 17.4 Å². The summed E-state index contributed by atoms with van der Waals surface area (Å²) in [5, 5.41) is 16.4. The summed E-state index contributed by atoms with van der Waals surface area (Å²) in [6.45, 7) is 0. The number of aryl methyl sites for hydroxylation is 1. The lowest BCUT2D eigenvalue weighted by Crippen LogP contribution is -2.37. The quantitative estimate of drug-likeness (QED) is 0.644. The molecule has 4 unspecified atom stereocenters. The molecule has 0 aliphatic heterocycles. The minimum atomic E-state index is -0.908. The maximum atomic E-state index is 13.1. The summed E-state index contributed by atoms with van der Waals surface area (Å²) >= 11 is 1.49. The average Bonchev–Trinajstić information content (AvgIpc) is 3.46. The normalized spacial score (nSPS) is 29.9. The van der Waals surface area contributed by atoms with Crippen LogP contribution in [0.2, 0.25) is 0 Å². The Bertz CT molecular complexity index is 899. The number of aliphatic carboxylic acids is 1. The molecule has 5 rings (SSSR count). The van der Waals surface area contributed by atoms with E-state index in [2.05, 4.69) is 10.6 Å². The number of allylic oxidation sites excluding steroid dienone is 2. The fraction of sp³-hybridized carbons (Fsp3) is 0.591. The molecule has 2 bridgehead atoms. The topological polar surface area (TPSA) is 95.5 Å². The second-order valence-electron chi connectivity index (χ2n) is 8.84. The van der Waals surface area contributed by atoms with Gasteiger partial charge in [0.25, 0.3) is 5.91 Å². The summed E-state index contributed by atoms with van der Waals surface area (Å²) in [7, 11) is 0. The van der Waals surface area contributed by atoms with Crippen LogP contribution in [0.3, 0.4) is 0 Å². The summed E-state index contributed by atoms with van der Waals surface area (Å²) in [6.07, 6.45) is 11.8. The van der Waals surface area contributed by atoms with Crippen LogP contribution in [-0.2, 0) is 22.4 Å². The van der Waals surface area contributed by atoms with E-state index in [1.165, 1.54) is 16.2 Å². The molecule has 6 nitrogen and oxygen atoms in total. The van der Waals surface area contributed by atoms with E-state index in [0.717, 1.165) is 56.9 Å². The summed E-state index contributed by atoms with van der Waals surface area (Å²) in [5.74, 6) is -2.58. The van der Waals surface area contributed by atoms with Crippen LogP contribution in [0.4, 0.5) is 5.00 Å². The number of amides is 2. The molecule has 3 N–H and O–H groups in total. The molecule has 1 heterocycles. The molecular formula is C22H26N2O4S. The van der Waals surface area contributed by atoms with Crippen LogP contribution in [0.1, 0.15) is 59.3 Å². The van der Waals surface area contributed by atoms with Gasteiger partial charge in [0.1, 0.15) is 5.00 Å². The standard InChI is InChI=1S/C22H26N2O4S/c25-19(16-11-8-9-12(10-11)17(16)22(27)28)24-21-18(14-6-3-7-15(14)29-21)20(26)23-13-4-1-2-5-13/h8-9,11-13,16-17H,1-7,10H2,(H,23,26)(H,24,25)(H,27,28). The van der Waals surface area contributed by atoms with Gasteiger partial charge < -0.3 is 15.7 Å². The molecule has 2 amide bonds. The molecule has 0 aromatic carbocycles. The Morgan fingerprint density at radius 3 is 2.45 bits per heavy atom. The lowest BCUT2D eigenvalue weighted by molar-refractivity contribution is -0.146. The number of rotatable bonds is 5. The Balaban J connectivity index is 1.40. The maximum absolute atomic E-state index is 13.1. The zero-order chi connectivity index (χ0) is 20.1. The first-order valence-corrected chi connectivity index (χ1v) is 11.5. The molecular weight excluding hydrogens is 388 g/mol. The predicted molar refractivity (Wildman–Crippen MR) is 110 cm³/mol. The summed E-state index contributed by atoms with van der Waals surface area (Å²) in [5.41, 5.74) is 1.69. The van der Waals surface area contributed by atoms with Gasteiger partial charge in [0.15, 0.2) is 0 Å². The Morgan fingerprint density at radius 2 is 1.72 bits per heavy atom. The van der Waals surface area contributed by atoms with Crippen molar-refractivity contribution in [3.8, 4) is 0 Å². The molecule has 0 spiro atoms. The lowest BCUT2D eigenvalue weighted by Gasteiger charge is -2.24. The maximum Gasteiger partial charge on any atom is 0.307 e. The van der Waals surface area contributed by atoms with Crippen LogP contribution in [0, 0.1) is 23.7 Å². The van der Waals surface area contributed by atoms with Crippen molar-refractivity contribution in [1.82, 2.24) is 5.32 Å². The van der Waals surface area contributed by atoms with Crippen molar-refractivity contribution < 1.29 is 19.5 Å². The number of fused-ring (bicyclic) bond motifs is 3. The molecule has 29 heavy (non-hydrogen) atoms. The van der Waals surface area contributed by atoms with Crippen molar-refractivity contribution in [2.24, 2.45) is 23.7 Å². The molecule has 1 aromatic rings. The van der Waals surface area contributed by atoms with E-state index >= 15 is 0 Å². The zero-order valence-corrected chi connectivity index (χ0v) is 17.1. The van der Waals surface area contributed by atoms with Crippen molar-refractivity contribution in [1.29, 1.82) is 0 Å². The first-order valence-electron chi connectivity index (χ1n) is 10.7. The highest BCUT2D eigenvalue weighted by Gasteiger charge is 2.51. The third-order valence-corrected chi connectivity index (χ3v) is 8.33. The van der Waals surface area contributed by atoms with E-state index in [4.69, 9.17) is 0 Å². The SMILES string of the molecule is O=C(NC1CCCC1)c1c(NC(=O)C2C3C=CC(C3)C2C(=O)O)sc2c1CCC2. The molecule has 2 fully saturated rings. The molecule has 4 aliphatic carbocycles. The Morgan fingerprint density at radius 1 is 1.00 bits per heavy atom. The fourth-order valence-electron chi connectivity index (χ4n) is 5.77. The largest absolute Gasteiger partial charge is 0.481 e. The van der Waals surface area contributed by atoms with Crippen molar-refractivity contribution in [2.45, 2.75) is 57.4 Å². The first kappa shape index (κ1) is 18.9. The minimum absolute atomic E-state index is 0.0244. The highest BCUT2D eigenvalue weighted by atomic mass is 32.1. The van der Waals surface area contributed by atoms with Gasteiger partial charge in [0.2, 0.25) is 5.91 Å². The van der Waals surface area contributed by atoms with Crippen LogP contribution < -0.4 is 10.6 Å². The third kappa shape index (κ3) is 3.19. The molecule has 154 valence electrons. The molecule has 7 heteroatoms. The molecule has 1 aromatic heterocycles. The molecule has 0 radical (unpaired) electrons. The van der Waals surface area contributed by atoms with Gasteiger partial charge >= 0.3 is 5.97 Å². The Hall–Kier alpha value is -2.15. The van der Waals surface area contributed by atoms with Gasteiger partial charge in [0, 0.05) is 10.9 Å². The lowest BCUT2D eigenvalue weighted by atomic mass is 9.82. The summed E-state index contributed by atoms with van der Waals surface area (Å²) < 4.78 is 0. The number of carboxylic acids is 1. The predicted octanol–water partition coefficient (Wildman–Crippen LogP) is 3.37. The number of nitrogens with one attached hydrogen (secondary N) is 2. The highest BCUT2D eigenvalue weighted by molar-refractivity contribution is 7.17. The third-order valence-electron chi connectivity index (χ3n) is 7.12. The van der Waals surface area contributed by atoms with E-state index in [1.807, 2.05) is 12.2 Å². The number of carboxylic acid groups (broad SMARTS) is 1. The van der Waals surface area contributed by atoms with E-state index in [-0.39, 0.29) is 29.7 Å². The van der Waals surface area contributed by atoms with Crippen molar-refractivity contribution in [3.05, 3.63) is 28.2 Å². The summed E-state index contributed by atoms with van der Waals surface area (Å²) in [4.78, 5) is 39.2. The van der Waals surface area contributed by atoms with Gasteiger partial charge in [-0.3, -0.25) is 14.4 Å². The van der Waals surface area contributed by atoms with Crippen molar-refractivity contribution in [3.63, 3.8) is 0 Å². The van der Waals surface area contributed by atoms with Gasteiger partial charge in [-0.25, -0.2) is 0 Å². The fourth-order valence-corrected chi connectivity index (χ4v) is 7.06.